The average Bonchev–Trinajstić information content (AvgIpc) is 2.15. The van der Waals surface area contributed by atoms with Gasteiger partial charge in [-0.25, -0.2) is 4.98 Å². The highest BCUT2D eigenvalue weighted by molar-refractivity contribution is 6.36. The van der Waals surface area contributed by atoms with Crippen molar-refractivity contribution in [3.05, 3.63) is 34.2 Å². The lowest BCUT2D eigenvalue weighted by Gasteiger charge is -2.03. The molecule has 4 heteroatoms. The van der Waals surface area contributed by atoms with E-state index in [2.05, 4.69) is 9.97 Å². The van der Waals surface area contributed by atoms with E-state index < -0.39 is 0 Å². The molecule has 13 heavy (non-hydrogen) atoms. The first-order valence-electron chi connectivity index (χ1n) is 3.76. The Bertz CT molecular complexity index is 468. The zero-order chi connectivity index (χ0) is 9.42. The van der Waals surface area contributed by atoms with E-state index in [1.807, 2.05) is 19.1 Å². The summed E-state index contributed by atoms with van der Waals surface area (Å²) in [5.74, 6) is 0. The molecule has 0 unspecified atom stereocenters. The van der Waals surface area contributed by atoms with Crippen LogP contribution in [-0.2, 0) is 0 Å². The Labute approximate surface area is 85.5 Å². The number of fused-ring (bicyclic) bond motifs is 1. The summed E-state index contributed by atoms with van der Waals surface area (Å²) in [6.07, 6.45) is 1.71. The fourth-order valence-corrected chi connectivity index (χ4v) is 1.65. The van der Waals surface area contributed by atoms with Gasteiger partial charge in [0.1, 0.15) is 10.3 Å². The van der Waals surface area contributed by atoms with E-state index in [9.17, 15) is 0 Å². The number of halogens is 2. The van der Waals surface area contributed by atoms with Crippen molar-refractivity contribution in [2.24, 2.45) is 0 Å². The van der Waals surface area contributed by atoms with Gasteiger partial charge >= 0.3 is 0 Å². The molecule has 2 aromatic rings. The lowest BCUT2D eigenvalue weighted by Crippen LogP contribution is -1.88. The first-order chi connectivity index (χ1) is 6.20. The van der Waals surface area contributed by atoms with Gasteiger partial charge in [0.05, 0.1) is 5.52 Å². The van der Waals surface area contributed by atoms with Gasteiger partial charge in [0.15, 0.2) is 0 Å². The third kappa shape index (κ3) is 1.36. The van der Waals surface area contributed by atoms with Crippen molar-refractivity contribution < 1.29 is 0 Å². The van der Waals surface area contributed by atoms with Crippen LogP contribution in [0, 0.1) is 6.92 Å². The molecular weight excluding hydrogens is 207 g/mol. The monoisotopic (exact) mass is 212 g/mol. The number of nitrogens with zero attached hydrogens (tertiary/aromatic N) is 2. The van der Waals surface area contributed by atoms with Crippen LogP contribution in [0.25, 0.3) is 10.9 Å². The number of hydrogen-bond donors (Lipinski definition) is 0. The second kappa shape index (κ2) is 3.13. The molecule has 0 aliphatic heterocycles. The lowest BCUT2D eigenvalue weighted by molar-refractivity contribution is 1.27. The predicted molar refractivity (Wildman–Crippen MR) is 54.3 cm³/mol. The maximum Gasteiger partial charge on any atom is 0.140 e. The number of aryl methyl sites for hydroxylation is 1. The van der Waals surface area contributed by atoms with Crippen LogP contribution < -0.4 is 0 Å². The second-order valence-corrected chi connectivity index (χ2v) is 3.43. The normalized spacial score (nSPS) is 10.7. The summed E-state index contributed by atoms with van der Waals surface area (Å²) >= 11 is 11.8. The maximum atomic E-state index is 5.90. The Morgan fingerprint density at radius 2 is 2.00 bits per heavy atom. The third-order valence-electron chi connectivity index (χ3n) is 1.89. The first kappa shape index (κ1) is 8.73. The molecule has 2 nitrogen and oxygen atoms in total. The van der Waals surface area contributed by atoms with Crippen molar-refractivity contribution in [3.63, 3.8) is 0 Å². The highest BCUT2D eigenvalue weighted by Gasteiger charge is 2.07. The van der Waals surface area contributed by atoms with Crippen molar-refractivity contribution in [1.82, 2.24) is 9.97 Å². The van der Waals surface area contributed by atoms with Gasteiger partial charge in [-0.05, 0) is 19.1 Å². The van der Waals surface area contributed by atoms with Gasteiger partial charge in [-0.2, -0.15) is 0 Å². The van der Waals surface area contributed by atoms with Crippen molar-refractivity contribution in [2.45, 2.75) is 6.92 Å². The van der Waals surface area contributed by atoms with Crippen LogP contribution in [0.2, 0.25) is 10.3 Å². The van der Waals surface area contributed by atoms with Gasteiger partial charge in [-0.1, -0.05) is 23.2 Å². The van der Waals surface area contributed by atoms with E-state index in [0.29, 0.717) is 10.3 Å². The zero-order valence-corrected chi connectivity index (χ0v) is 8.39. The van der Waals surface area contributed by atoms with Crippen LogP contribution in [-0.4, -0.2) is 9.97 Å². The summed E-state index contributed by atoms with van der Waals surface area (Å²) in [5, 5.41) is 1.65. The second-order valence-electron chi connectivity index (χ2n) is 2.72. The number of pyridine rings is 2. The quantitative estimate of drug-likeness (QED) is 0.627. The lowest BCUT2D eigenvalue weighted by atomic mass is 10.2. The minimum absolute atomic E-state index is 0.402. The number of hydrogen-bond acceptors (Lipinski definition) is 2. The summed E-state index contributed by atoms with van der Waals surface area (Å²) in [6.45, 7) is 1.88. The Hall–Kier alpha value is -0.860. The Balaban J connectivity index is 2.97. The molecule has 0 fully saturated rings. The molecular formula is C9H6Cl2N2. The summed E-state index contributed by atoms with van der Waals surface area (Å²) in [6, 6.07) is 3.70. The molecule has 2 heterocycles. The van der Waals surface area contributed by atoms with Gasteiger partial charge in [0.2, 0.25) is 0 Å². The van der Waals surface area contributed by atoms with Gasteiger partial charge in [-0.3, -0.25) is 4.98 Å². The minimum atomic E-state index is 0.402. The summed E-state index contributed by atoms with van der Waals surface area (Å²) in [7, 11) is 0. The summed E-state index contributed by atoms with van der Waals surface area (Å²) < 4.78 is 0. The standard InChI is InChI=1S/C9H6Cl2N2/c1-5-7-6(3-2-4-12-7)9(11)13-8(5)10/h2-4H,1H3. The molecule has 0 aliphatic carbocycles. The van der Waals surface area contributed by atoms with Crippen LogP contribution in [0.15, 0.2) is 18.3 Å². The van der Waals surface area contributed by atoms with Crippen LogP contribution in [0.5, 0.6) is 0 Å². The van der Waals surface area contributed by atoms with E-state index in [0.717, 1.165) is 16.5 Å². The number of rotatable bonds is 0. The average molecular weight is 213 g/mol. The highest BCUT2D eigenvalue weighted by Crippen LogP contribution is 2.26. The molecule has 2 rings (SSSR count). The molecule has 0 N–H and O–H groups in total. The largest absolute Gasteiger partial charge is 0.256 e. The predicted octanol–water partition coefficient (Wildman–Crippen LogP) is 3.25. The Kier molecular flexibility index (Phi) is 2.10. The molecule has 0 bridgehead atoms. The molecule has 0 aromatic carbocycles. The Morgan fingerprint density at radius 3 is 2.77 bits per heavy atom. The fourth-order valence-electron chi connectivity index (χ4n) is 1.20. The molecule has 0 radical (unpaired) electrons. The summed E-state index contributed by atoms with van der Waals surface area (Å²) in [5.41, 5.74) is 1.68. The van der Waals surface area contributed by atoms with Gasteiger partial charge in [-0.15, -0.1) is 0 Å². The number of aromatic nitrogens is 2. The van der Waals surface area contributed by atoms with Crippen LogP contribution >= 0.6 is 23.2 Å². The van der Waals surface area contributed by atoms with E-state index in [1.165, 1.54) is 0 Å². The van der Waals surface area contributed by atoms with Crippen molar-refractivity contribution >= 4 is 34.1 Å². The smallest absolute Gasteiger partial charge is 0.140 e. The Morgan fingerprint density at radius 1 is 1.23 bits per heavy atom. The molecule has 66 valence electrons. The SMILES string of the molecule is Cc1c(Cl)nc(Cl)c2cccnc12. The van der Waals surface area contributed by atoms with Gasteiger partial charge in [0.25, 0.3) is 0 Å². The molecule has 0 amide bonds. The van der Waals surface area contributed by atoms with Crippen molar-refractivity contribution in [3.8, 4) is 0 Å². The molecule has 0 aliphatic rings. The van der Waals surface area contributed by atoms with Crippen LogP contribution in [0.3, 0.4) is 0 Å². The first-order valence-corrected chi connectivity index (χ1v) is 4.52. The highest BCUT2D eigenvalue weighted by atomic mass is 35.5. The van der Waals surface area contributed by atoms with E-state index in [-0.39, 0.29) is 0 Å². The van der Waals surface area contributed by atoms with Crippen molar-refractivity contribution in [2.75, 3.05) is 0 Å². The van der Waals surface area contributed by atoms with E-state index >= 15 is 0 Å². The van der Waals surface area contributed by atoms with Gasteiger partial charge in [0, 0.05) is 17.1 Å². The molecule has 0 spiro atoms. The molecule has 0 saturated carbocycles. The molecule has 0 atom stereocenters. The van der Waals surface area contributed by atoms with Crippen molar-refractivity contribution in [1.29, 1.82) is 0 Å². The van der Waals surface area contributed by atoms with Gasteiger partial charge < -0.3 is 0 Å². The molecule has 2 aromatic heterocycles. The zero-order valence-electron chi connectivity index (χ0n) is 6.88. The summed E-state index contributed by atoms with van der Waals surface area (Å²) in [4.78, 5) is 8.19. The van der Waals surface area contributed by atoms with Crippen LogP contribution in [0.1, 0.15) is 5.56 Å². The van der Waals surface area contributed by atoms with E-state index in [1.54, 1.807) is 6.20 Å². The minimum Gasteiger partial charge on any atom is -0.256 e. The van der Waals surface area contributed by atoms with Crippen LogP contribution in [0.4, 0.5) is 0 Å². The molecule has 0 saturated heterocycles. The van der Waals surface area contributed by atoms with E-state index in [4.69, 9.17) is 23.2 Å². The third-order valence-corrected chi connectivity index (χ3v) is 2.55. The topological polar surface area (TPSA) is 25.8 Å². The maximum absolute atomic E-state index is 5.90. The fraction of sp³-hybridized carbons (Fsp3) is 0.111.